The zero-order chi connectivity index (χ0) is 16.4. The zero-order valence-corrected chi connectivity index (χ0v) is 13.6. The lowest BCUT2D eigenvalue weighted by Crippen LogP contribution is -2.34. The summed E-state index contributed by atoms with van der Waals surface area (Å²) in [6.07, 6.45) is -0.856. The predicted molar refractivity (Wildman–Crippen MR) is 90.1 cm³/mol. The number of carbonyl (C=O) groups excluding carboxylic acids is 2. The summed E-state index contributed by atoms with van der Waals surface area (Å²) >= 11 is 7.18. The van der Waals surface area contributed by atoms with E-state index in [1.54, 1.807) is 35.7 Å². The summed E-state index contributed by atoms with van der Waals surface area (Å²) in [7, 11) is 0. The standard InChI is InChI=1S/C15H14ClN3O3S/c16-12-5-6-23-13(12)14(20)18-7-11-8-19(15(21)22-11)10-3-1-9(17)2-4-10/h1-6,11H,7-8,17H2,(H,18,20). The molecule has 1 aliphatic rings. The average molecular weight is 352 g/mol. The lowest BCUT2D eigenvalue weighted by atomic mass is 10.2. The van der Waals surface area contributed by atoms with Crippen LogP contribution in [-0.4, -0.2) is 31.2 Å². The van der Waals surface area contributed by atoms with E-state index in [2.05, 4.69) is 5.32 Å². The molecule has 2 heterocycles. The lowest BCUT2D eigenvalue weighted by molar-refractivity contribution is 0.0920. The minimum absolute atomic E-state index is 0.226. The fourth-order valence-electron chi connectivity index (χ4n) is 2.24. The third-order valence-electron chi connectivity index (χ3n) is 3.39. The second-order valence-corrected chi connectivity index (χ2v) is 6.34. The van der Waals surface area contributed by atoms with Crippen molar-refractivity contribution in [2.24, 2.45) is 0 Å². The summed E-state index contributed by atoms with van der Waals surface area (Å²) in [5.74, 6) is -0.271. The van der Waals surface area contributed by atoms with Crippen LogP contribution in [0, 0.1) is 0 Å². The zero-order valence-electron chi connectivity index (χ0n) is 12.0. The topological polar surface area (TPSA) is 84.7 Å². The number of halogens is 1. The van der Waals surface area contributed by atoms with Gasteiger partial charge in [0.15, 0.2) is 0 Å². The molecule has 3 N–H and O–H groups in total. The van der Waals surface area contributed by atoms with Gasteiger partial charge in [0, 0.05) is 11.4 Å². The van der Waals surface area contributed by atoms with Crippen LogP contribution in [0.2, 0.25) is 5.02 Å². The number of benzene rings is 1. The van der Waals surface area contributed by atoms with Crippen molar-refractivity contribution in [3.05, 3.63) is 45.6 Å². The van der Waals surface area contributed by atoms with Crippen molar-refractivity contribution >= 4 is 46.3 Å². The Hall–Kier alpha value is -2.25. The van der Waals surface area contributed by atoms with Gasteiger partial charge in [-0.2, -0.15) is 0 Å². The summed E-state index contributed by atoms with van der Waals surface area (Å²) < 4.78 is 5.27. The molecule has 0 spiro atoms. The van der Waals surface area contributed by atoms with E-state index in [-0.39, 0.29) is 12.5 Å². The highest BCUT2D eigenvalue weighted by molar-refractivity contribution is 7.12. The Morgan fingerprint density at radius 2 is 2.13 bits per heavy atom. The smallest absolute Gasteiger partial charge is 0.414 e. The van der Waals surface area contributed by atoms with Gasteiger partial charge < -0.3 is 15.8 Å². The Kier molecular flexibility index (Phi) is 4.40. The van der Waals surface area contributed by atoms with E-state index in [9.17, 15) is 9.59 Å². The van der Waals surface area contributed by atoms with Crippen molar-refractivity contribution in [2.75, 3.05) is 23.7 Å². The Bertz CT molecular complexity index is 732. The molecule has 1 aliphatic heterocycles. The molecule has 1 saturated heterocycles. The van der Waals surface area contributed by atoms with Gasteiger partial charge in [0.2, 0.25) is 0 Å². The van der Waals surface area contributed by atoms with Gasteiger partial charge in [0.1, 0.15) is 11.0 Å². The number of hydrogen-bond donors (Lipinski definition) is 2. The second-order valence-electron chi connectivity index (χ2n) is 5.02. The monoisotopic (exact) mass is 351 g/mol. The van der Waals surface area contributed by atoms with E-state index in [1.165, 1.54) is 16.2 Å². The highest BCUT2D eigenvalue weighted by atomic mass is 35.5. The number of nitrogen functional groups attached to an aromatic ring is 1. The van der Waals surface area contributed by atoms with Crippen LogP contribution in [0.3, 0.4) is 0 Å². The molecule has 120 valence electrons. The SMILES string of the molecule is Nc1ccc(N2CC(CNC(=O)c3sccc3Cl)OC2=O)cc1. The van der Waals surface area contributed by atoms with Crippen LogP contribution in [0.4, 0.5) is 16.2 Å². The number of cyclic esters (lactones) is 1. The third kappa shape index (κ3) is 3.40. The van der Waals surface area contributed by atoms with Gasteiger partial charge in [-0.05, 0) is 35.7 Å². The summed E-state index contributed by atoms with van der Waals surface area (Å²) in [5.41, 5.74) is 6.97. The van der Waals surface area contributed by atoms with Crippen LogP contribution in [0.5, 0.6) is 0 Å². The number of amides is 2. The first-order chi connectivity index (χ1) is 11.0. The van der Waals surface area contributed by atoms with Gasteiger partial charge in [0.25, 0.3) is 5.91 Å². The minimum Gasteiger partial charge on any atom is -0.442 e. The van der Waals surface area contributed by atoms with Crippen molar-refractivity contribution in [1.29, 1.82) is 0 Å². The number of thiophene rings is 1. The Labute approximate surface area is 141 Å². The molecule has 23 heavy (non-hydrogen) atoms. The largest absolute Gasteiger partial charge is 0.442 e. The quantitative estimate of drug-likeness (QED) is 0.829. The lowest BCUT2D eigenvalue weighted by Gasteiger charge is -2.13. The Morgan fingerprint density at radius 3 is 2.78 bits per heavy atom. The van der Waals surface area contributed by atoms with E-state index in [1.807, 2.05) is 0 Å². The summed E-state index contributed by atoms with van der Waals surface area (Å²) in [6, 6.07) is 8.61. The molecule has 8 heteroatoms. The van der Waals surface area contributed by atoms with Crippen LogP contribution in [0.15, 0.2) is 35.7 Å². The van der Waals surface area contributed by atoms with Crippen LogP contribution in [0.25, 0.3) is 0 Å². The summed E-state index contributed by atoms with van der Waals surface area (Å²) in [5, 5.41) is 4.89. The molecule has 6 nitrogen and oxygen atoms in total. The number of rotatable bonds is 4. The van der Waals surface area contributed by atoms with Crippen LogP contribution < -0.4 is 16.0 Å². The molecule has 2 aromatic rings. The van der Waals surface area contributed by atoms with Crippen molar-refractivity contribution in [1.82, 2.24) is 5.32 Å². The normalized spacial score (nSPS) is 17.2. The number of anilines is 2. The highest BCUT2D eigenvalue weighted by Gasteiger charge is 2.32. The third-order valence-corrected chi connectivity index (χ3v) is 4.73. The molecule has 1 unspecified atom stereocenters. The van der Waals surface area contributed by atoms with Gasteiger partial charge in [-0.15, -0.1) is 11.3 Å². The van der Waals surface area contributed by atoms with Crippen molar-refractivity contribution in [2.45, 2.75) is 6.10 Å². The number of carbonyl (C=O) groups is 2. The van der Waals surface area contributed by atoms with E-state index in [0.717, 1.165) is 0 Å². The van der Waals surface area contributed by atoms with Gasteiger partial charge in [-0.1, -0.05) is 11.6 Å². The molecule has 0 aliphatic carbocycles. The first-order valence-electron chi connectivity index (χ1n) is 6.89. The molecule has 1 aromatic carbocycles. The second kappa shape index (κ2) is 6.47. The number of nitrogens with two attached hydrogens (primary N) is 1. The molecular formula is C15H14ClN3O3S. The van der Waals surface area contributed by atoms with Crippen molar-refractivity contribution in [3.63, 3.8) is 0 Å². The molecule has 2 amide bonds. The Morgan fingerprint density at radius 1 is 1.39 bits per heavy atom. The molecule has 1 aromatic heterocycles. The maximum absolute atomic E-state index is 12.0. The van der Waals surface area contributed by atoms with Crippen LogP contribution >= 0.6 is 22.9 Å². The number of nitrogens with one attached hydrogen (secondary N) is 1. The first-order valence-corrected chi connectivity index (χ1v) is 8.15. The molecule has 3 rings (SSSR count). The number of hydrogen-bond acceptors (Lipinski definition) is 5. The number of ether oxygens (including phenoxy) is 1. The van der Waals surface area contributed by atoms with E-state index >= 15 is 0 Å². The molecule has 0 bridgehead atoms. The maximum atomic E-state index is 12.0. The Balaban J connectivity index is 1.59. The van der Waals surface area contributed by atoms with Gasteiger partial charge in [-0.3, -0.25) is 9.69 Å². The molecule has 0 radical (unpaired) electrons. The fourth-order valence-corrected chi connectivity index (χ4v) is 3.29. The average Bonchev–Trinajstić information content (AvgIpc) is 3.12. The van der Waals surface area contributed by atoms with E-state index in [4.69, 9.17) is 22.1 Å². The van der Waals surface area contributed by atoms with E-state index < -0.39 is 12.2 Å². The van der Waals surface area contributed by atoms with Crippen LogP contribution in [-0.2, 0) is 4.74 Å². The minimum atomic E-state index is -0.442. The molecule has 1 atom stereocenters. The van der Waals surface area contributed by atoms with Gasteiger partial charge >= 0.3 is 6.09 Å². The van der Waals surface area contributed by atoms with Crippen LogP contribution in [0.1, 0.15) is 9.67 Å². The molecule has 1 fully saturated rings. The van der Waals surface area contributed by atoms with E-state index in [0.29, 0.717) is 27.8 Å². The summed E-state index contributed by atoms with van der Waals surface area (Å²) in [6.45, 7) is 0.589. The fraction of sp³-hybridized carbons (Fsp3) is 0.200. The maximum Gasteiger partial charge on any atom is 0.414 e. The molecular weight excluding hydrogens is 338 g/mol. The van der Waals surface area contributed by atoms with Gasteiger partial charge in [0.05, 0.1) is 18.1 Å². The summed E-state index contributed by atoms with van der Waals surface area (Å²) in [4.78, 5) is 25.9. The first kappa shape index (κ1) is 15.6. The van der Waals surface area contributed by atoms with Crippen molar-refractivity contribution < 1.29 is 14.3 Å². The highest BCUT2D eigenvalue weighted by Crippen LogP contribution is 2.23. The predicted octanol–water partition coefficient (Wildman–Crippen LogP) is 2.74. The van der Waals surface area contributed by atoms with Crippen molar-refractivity contribution in [3.8, 4) is 0 Å². The molecule has 0 saturated carbocycles. The van der Waals surface area contributed by atoms with Gasteiger partial charge in [-0.25, -0.2) is 4.79 Å². The number of nitrogens with zero attached hydrogens (tertiary/aromatic N) is 1.